The minimum atomic E-state index is 0.744. The van der Waals surface area contributed by atoms with Crippen LogP contribution >= 0.6 is 11.8 Å². The van der Waals surface area contributed by atoms with Gasteiger partial charge in [0.2, 0.25) is 0 Å². The van der Waals surface area contributed by atoms with E-state index in [1.54, 1.807) is 18.3 Å². The van der Waals surface area contributed by atoms with Crippen LogP contribution in [0.3, 0.4) is 0 Å². The van der Waals surface area contributed by atoms with Gasteiger partial charge in [0, 0.05) is 12.3 Å². The first-order chi connectivity index (χ1) is 9.83. The molecule has 0 bridgehead atoms. The molecule has 0 saturated carbocycles. The number of ether oxygens (including phenoxy) is 1. The second-order valence-electron chi connectivity index (χ2n) is 5.67. The maximum atomic E-state index is 5.38. The fourth-order valence-electron chi connectivity index (χ4n) is 3.54. The van der Waals surface area contributed by atoms with Crippen LogP contribution in [-0.2, 0) is 6.42 Å². The molecular formula is C17H23NOS. The van der Waals surface area contributed by atoms with Crippen LogP contribution in [0.25, 0.3) is 5.57 Å². The van der Waals surface area contributed by atoms with E-state index in [-0.39, 0.29) is 0 Å². The van der Waals surface area contributed by atoms with Crippen LogP contribution in [0.2, 0.25) is 0 Å². The van der Waals surface area contributed by atoms with Crippen molar-refractivity contribution in [1.29, 1.82) is 0 Å². The molecule has 0 saturated heterocycles. The van der Waals surface area contributed by atoms with Gasteiger partial charge in [-0.1, -0.05) is 6.07 Å². The highest BCUT2D eigenvalue weighted by atomic mass is 32.2. The Balaban J connectivity index is 2.08. The van der Waals surface area contributed by atoms with Crippen LogP contribution in [0, 0.1) is 5.92 Å². The van der Waals surface area contributed by atoms with Crippen molar-refractivity contribution >= 4 is 17.3 Å². The SMILES string of the molecule is COc1ccc2c(c1)CCC1CCNCC(CSC)=C21. The molecule has 20 heavy (non-hydrogen) atoms. The number of hydrogen-bond donors (Lipinski definition) is 1. The maximum Gasteiger partial charge on any atom is 0.119 e. The topological polar surface area (TPSA) is 21.3 Å². The van der Waals surface area contributed by atoms with Crippen molar-refractivity contribution in [3.05, 3.63) is 34.9 Å². The number of thioether (sulfide) groups is 1. The normalized spacial score (nSPS) is 22.0. The van der Waals surface area contributed by atoms with Crippen LogP contribution in [0.1, 0.15) is 24.0 Å². The van der Waals surface area contributed by atoms with E-state index in [9.17, 15) is 0 Å². The number of hydrogen-bond acceptors (Lipinski definition) is 3. The van der Waals surface area contributed by atoms with Crippen LogP contribution in [-0.4, -0.2) is 32.2 Å². The molecule has 0 amide bonds. The molecule has 108 valence electrons. The van der Waals surface area contributed by atoms with Gasteiger partial charge in [0.05, 0.1) is 7.11 Å². The molecule has 0 aromatic heterocycles. The third kappa shape index (κ3) is 2.61. The third-order valence-corrected chi connectivity index (χ3v) is 5.12. The molecule has 0 spiro atoms. The third-order valence-electron chi connectivity index (χ3n) is 4.48. The summed E-state index contributed by atoms with van der Waals surface area (Å²) in [6.07, 6.45) is 5.95. The van der Waals surface area contributed by atoms with E-state index in [0.717, 1.165) is 30.5 Å². The van der Waals surface area contributed by atoms with Gasteiger partial charge < -0.3 is 10.1 Å². The van der Waals surface area contributed by atoms with Gasteiger partial charge in [0.25, 0.3) is 0 Å². The van der Waals surface area contributed by atoms with Gasteiger partial charge in [-0.05, 0) is 72.4 Å². The molecule has 1 heterocycles. The molecule has 2 aliphatic rings. The molecule has 1 aromatic carbocycles. The fraction of sp³-hybridized carbons (Fsp3) is 0.529. The fourth-order valence-corrected chi connectivity index (χ4v) is 4.15. The summed E-state index contributed by atoms with van der Waals surface area (Å²) < 4.78 is 5.38. The zero-order valence-electron chi connectivity index (χ0n) is 12.4. The van der Waals surface area contributed by atoms with Gasteiger partial charge in [-0.2, -0.15) is 11.8 Å². The number of methoxy groups -OCH3 is 1. The highest BCUT2D eigenvalue weighted by molar-refractivity contribution is 7.98. The van der Waals surface area contributed by atoms with E-state index < -0.39 is 0 Å². The highest BCUT2D eigenvalue weighted by Crippen LogP contribution is 2.41. The first-order valence-corrected chi connectivity index (χ1v) is 8.81. The number of fused-ring (bicyclic) bond motifs is 3. The Morgan fingerprint density at radius 3 is 3.05 bits per heavy atom. The summed E-state index contributed by atoms with van der Waals surface area (Å²) in [6.45, 7) is 2.20. The first-order valence-electron chi connectivity index (χ1n) is 7.42. The molecule has 1 aliphatic heterocycles. The highest BCUT2D eigenvalue weighted by Gasteiger charge is 2.28. The summed E-state index contributed by atoms with van der Waals surface area (Å²) >= 11 is 1.93. The van der Waals surface area contributed by atoms with Crippen molar-refractivity contribution in [2.75, 3.05) is 32.2 Å². The summed E-state index contributed by atoms with van der Waals surface area (Å²) in [5.74, 6) is 2.87. The quantitative estimate of drug-likeness (QED) is 0.922. The van der Waals surface area contributed by atoms with E-state index in [1.165, 1.54) is 30.4 Å². The number of aryl methyl sites for hydroxylation is 1. The number of benzene rings is 1. The van der Waals surface area contributed by atoms with E-state index in [1.807, 2.05) is 11.8 Å². The van der Waals surface area contributed by atoms with Crippen molar-refractivity contribution in [3.8, 4) is 5.75 Å². The first kappa shape index (κ1) is 14.0. The number of rotatable bonds is 3. The molecule has 0 radical (unpaired) electrons. The lowest BCUT2D eigenvalue weighted by Gasteiger charge is -2.29. The van der Waals surface area contributed by atoms with Crippen LogP contribution in [0.4, 0.5) is 0 Å². The van der Waals surface area contributed by atoms with Crippen molar-refractivity contribution in [2.24, 2.45) is 5.92 Å². The summed E-state index contributed by atoms with van der Waals surface area (Å²) in [5.41, 5.74) is 6.19. The lowest BCUT2D eigenvalue weighted by atomic mass is 9.76. The predicted octanol–water partition coefficient (Wildman–Crippen LogP) is 3.37. The van der Waals surface area contributed by atoms with Gasteiger partial charge in [0.15, 0.2) is 0 Å². The number of allylic oxidation sites excluding steroid dienone is 1. The van der Waals surface area contributed by atoms with Crippen molar-refractivity contribution in [2.45, 2.75) is 19.3 Å². The zero-order valence-corrected chi connectivity index (χ0v) is 13.2. The lowest BCUT2D eigenvalue weighted by molar-refractivity contribution is 0.413. The molecule has 3 heteroatoms. The molecule has 3 rings (SSSR count). The van der Waals surface area contributed by atoms with Gasteiger partial charge in [-0.25, -0.2) is 0 Å². The standard InChI is InChI=1S/C17H23NOS/c1-19-15-5-6-16-13(9-15)4-3-12-7-8-18-10-14(11-20-2)17(12)16/h5-6,9,12,18H,3-4,7-8,10-11H2,1-2H3. The van der Waals surface area contributed by atoms with Crippen LogP contribution in [0.5, 0.6) is 5.75 Å². The van der Waals surface area contributed by atoms with Crippen LogP contribution in [0.15, 0.2) is 23.8 Å². The van der Waals surface area contributed by atoms with Gasteiger partial charge in [-0.3, -0.25) is 0 Å². The Morgan fingerprint density at radius 1 is 1.35 bits per heavy atom. The Labute approximate surface area is 126 Å². The van der Waals surface area contributed by atoms with E-state index in [0.29, 0.717) is 0 Å². The molecule has 2 nitrogen and oxygen atoms in total. The summed E-state index contributed by atoms with van der Waals surface area (Å²) in [7, 11) is 1.75. The van der Waals surface area contributed by atoms with Crippen molar-refractivity contribution in [1.82, 2.24) is 5.32 Å². The molecule has 0 fully saturated rings. The Hall–Kier alpha value is -0.930. The van der Waals surface area contributed by atoms with E-state index >= 15 is 0 Å². The summed E-state index contributed by atoms with van der Waals surface area (Å²) in [4.78, 5) is 0. The van der Waals surface area contributed by atoms with E-state index in [2.05, 4.69) is 29.8 Å². The Morgan fingerprint density at radius 2 is 2.25 bits per heavy atom. The predicted molar refractivity (Wildman–Crippen MR) is 87.6 cm³/mol. The van der Waals surface area contributed by atoms with Gasteiger partial charge >= 0.3 is 0 Å². The average Bonchev–Trinajstić information content (AvgIpc) is 2.69. The summed E-state index contributed by atoms with van der Waals surface area (Å²) in [6, 6.07) is 6.62. The molecule has 1 atom stereocenters. The van der Waals surface area contributed by atoms with Gasteiger partial charge in [-0.15, -0.1) is 0 Å². The minimum Gasteiger partial charge on any atom is -0.497 e. The average molecular weight is 289 g/mol. The van der Waals surface area contributed by atoms with E-state index in [4.69, 9.17) is 4.74 Å². The minimum absolute atomic E-state index is 0.744. The maximum absolute atomic E-state index is 5.38. The smallest absolute Gasteiger partial charge is 0.119 e. The lowest BCUT2D eigenvalue weighted by Crippen LogP contribution is -2.17. The molecule has 1 N–H and O–H groups in total. The largest absolute Gasteiger partial charge is 0.497 e. The Bertz CT molecular complexity index is 524. The second-order valence-corrected chi connectivity index (χ2v) is 6.54. The molecular weight excluding hydrogens is 266 g/mol. The molecule has 1 aromatic rings. The molecule has 1 aliphatic carbocycles. The van der Waals surface area contributed by atoms with Crippen molar-refractivity contribution in [3.63, 3.8) is 0 Å². The Kier molecular flexibility index (Phi) is 4.37. The molecule has 1 unspecified atom stereocenters. The second kappa shape index (κ2) is 6.23. The number of nitrogens with one attached hydrogen (secondary N) is 1. The zero-order chi connectivity index (χ0) is 13.9. The van der Waals surface area contributed by atoms with Gasteiger partial charge in [0.1, 0.15) is 5.75 Å². The van der Waals surface area contributed by atoms with Crippen LogP contribution < -0.4 is 10.1 Å². The van der Waals surface area contributed by atoms with Crippen molar-refractivity contribution < 1.29 is 4.74 Å². The summed E-state index contributed by atoms with van der Waals surface area (Å²) in [5, 5.41) is 3.60. The monoisotopic (exact) mass is 289 g/mol.